The van der Waals surface area contributed by atoms with Gasteiger partial charge in [-0.1, -0.05) is 0 Å². The maximum absolute atomic E-state index is 14.6. The van der Waals surface area contributed by atoms with E-state index < -0.39 is 133 Å². The van der Waals surface area contributed by atoms with Crippen LogP contribution in [0.5, 0.6) is 0 Å². The Kier molecular flexibility index (Phi) is 9.74. The Morgan fingerprint density at radius 1 is 0.417 bits per heavy atom. The first-order valence-electron chi connectivity index (χ1n) is 13.1. The molecule has 0 bridgehead atoms. The topological polar surface area (TPSA) is 0 Å². The zero-order valence-electron chi connectivity index (χ0n) is 25.0. The molecule has 2 aromatic carbocycles. The van der Waals surface area contributed by atoms with E-state index in [0.29, 0.717) is 0 Å². The van der Waals surface area contributed by atoms with Crippen molar-refractivity contribution in [3.8, 4) is 0 Å². The van der Waals surface area contributed by atoms with Gasteiger partial charge in [0, 0.05) is 0 Å². The van der Waals surface area contributed by atoms with E-state index >= 15 is 0 Å². The van der Waals surface area contributed by atoms with Gasteiger partial charge in [0.15, 0.2) is 0 Å². The van der Waals surface area contributed by atoms with Crippen LogP contribution in [0.2, 0.25) is 0 Å². The molecule has 0 radical (unpaired) electrons. The molecule has 0 saturated carbocycles. The van der Waals surface area contributed by atoms with E-state index in [1.54, 1.807) is 0 Å². The molecule has 48 heavy (non-hydrogen) atoms. The molecule has 1 saturated heterocycles. The predicted octanol–water partition coefficient (Wildman–Crippen LogP) is 11.5. The van der Waals surface area contributed by atoms with Crippen LogP contribution in [-0.2, 0) is 37.1 Å². The molecule has 0 N–H and O–H groups in total. The van der Waals surface area contributed by atoms with Crippen LogP contribution in [0, 0.1) is 10.8 Å². The van der Waals surface area contributed by atoms with Gasteiger partial charge in [-0.25, -0.2) is 0 Å². The van der Waals surface area contributed by atoms with E-state index in [2.05, 4.69) is 0 Å². The summed E-state index contributed by atoms with van der Waals surface area (Å²) in [6, 6.07) is -3.34. The molecule has 0 aromatic heterocycles. The quantitative estimate of drug-likeness (QED) is 0.165. The van der Waals surface area contributed by atoms with Gasteiger partial charge in [-0.05, 0) is 0 Å². The molecule has 1 heterocycles. The Morgan fingerprint density at radius 2 is 0.646 bits per heavy atom. The second-order valence-corrected chi connectivity index (χ2v) is 28.5. The summed E-state index contributed by atoms with van der Waals surface area (Å²) in [6.45, 7) is 7.75. The number of hydrogen-bond donors (Lipinski definition) is 0. The predicted molar refractivity (Wildman–Crippen MR) is 141 cm³/mol. The molecule has 0 nitrogen and oxygen atoms in total. The van der Waals surface area contributed by atoms with Crippen molar-refractivity contribution in [1.29, 1.82) is 0 Å². The van der Waals surface area contributed by atoms with Crippen molar-refractivity contribution in [2.45, 2.75) is 78.6 Å². The van der Waals surface area contributed by atoms with Gasteiger partial charge in [0.2, 0.25) is 0 Å². The van der Waals surface area contributed by atoms with Crippen LogP contribution in [0.1, 0.15) is 74.9 Å². The number of halogens is 18. The minimum absolute atomic E-state index is 0.173. The summed E-state index contributed by atoms with van der Waals surface area (Å²) in [5.74, 6) is 0. The second-order valence-electron chi connectivity index (χ2n) is 12.9. The van der Waals surface area contributed by atoms with Gasteiger partial charge in [-0.3, -0.25) is 0 Å². The Bertz CT molecular complexity index is 1440. The van der Waals surface area contributed by atoms with E-state index in [9.17, 15) is 79.0 Å². The van der Waals surface area contributed by atoms with Crippen molar-refractivity contribution in [2.24, 2.45) is 10.8 Å². The molecule has 0 aliphatic carbocycles. The molecular formula is C28H22F18SSn. The van der Waals surface area contributed by atoms with Gasteiger partial charge in [-0.2, -0.15) is 0 Å². The number of benzene rings is 2. The van der Waals surface area contributed by atoms with Crippen molar-refractivity contribution in [3.05, 3.63) is 66.1 Å². The molecule has 1 aliphatic rings. The molecule has 270 valence electrons. The fourth-order valence-electron chi connectivity index (χ4n) is 5.88. The van der Waals surface area contributed by atoms with Gasteiger partial charge in [0.1, 0.15) is 0 Å². The Balaban J connectivity index is 2.96. The second kappa shape index (κ2) is 11.5. The number of rotatable bonds is 2. The summed E-state index contributed by atoms with van der Waals surface area (Å²) >= 11 is -7.40. The zero-order chi connectivity index (χ0) is 37.8. The minimum atomic E-state index is -7.40. The van der Waals surface area contributed by atoms with E-state index in [1.807, 2.05) is 0 Å². The van der Waals surface area contributed by atoms with Crippen LogP contribution in [0.3, 0.4) is 0 Å². The molecule has 3 rings (SSSR count). The van der Waals surface area contributed by atoms with Crippen molar-refractivity contribution in [2.75, 3.05) is 0 Å². The molecule has 0 unspecified atom stereocenters. The summed E-state index contributed by atoms with van der Waals surface area (Å²) in [4.78, 5) is 0. The first-order valence-corrected chi connectivity index (χ1v) is 21.7. The van der Waals surface area contributed by atoms with Crippen LogP contribution < -0.4 is 7.16 Å². The van der Waals surface area contributed by atoms with Crippen molar-refractivity contribution >= 4 is 33.1 Å². The van der Waals surface area contributed by atoms with E-state index in [0.717, 1.165) is 0 Å². The summed E-state index contributed by atoms with van der Waals surface area (Å²) in [7, 11) is -0.173. The number of allylic oxidation sites excluding steroid dienone is 1. The molecular weight excluding hydrogens is 829 g/mol. The fraction of sp³-hybridized carbons (Fsp3) is 0.500. The Hall–Kier alpha value is -1.93. The molecule has 1 fully saturated rings. The number of alkyl halides is 18. The van der Waals surface area contributed by atoms with Crippen LogP contribution in [0.4, 0.5) is 79.0 Å². The van der Waals surface area contributed by atoms with Crippen molar-refractivity contribution in [3.63, 3.8) is 0 Å². The maximum atomic E-state index is 14.6. The monoisotopic (exact) mass is 852 g/mol. The summed E-state index contributed by atoms with van der Waals surface area (Å²) in [6.07, 6.45) is -36.8. The first kappa shape index (κ1) is 40.5. The van der Waals surface area contributed by atoms with E-state index in [-0.39, 0.29) is 14.5 Å². The van der Waals surface area contributed by atoms with Gasteiger partial charge in [-0.15, -0.1) is 0 Å². The van der Waals surface area contributed by atoms with Crippen LogP contribution >= 0.6 is 8.95 Å². The molecule has 0 atom stereocenters. The third kappa shape index (κ3) is 7.69. The fourth-order valence-corrected chi connectivity index (χ4v) is 34.7. The molecule has 2 aromatic rings. The summed E-state index contributed by atoms with van der Waals surface area (Å²) in [5.41, 5.74) is -19.4. The third-order valence-electron chi connectivity index (χ3n) is 7.12. The standard InChI is InChI=1S/C10H18S.2C9H2F9.Sn/c1-9(2,3)8(7-11)10(4,5)6;2*10-7(11,12)4-1-5(8(13,14)15)3-6(2-4)9(16,17)18;/h1-6H3;2*1-2H;/q-1;;;+1. The van der Waals surface area contributed by atoms with E-state index in [1.165, 1.54) is 41.5 Å². The zero-order valence-corrected chi connectivity index (χ0v) is 28.7. The first-order chi connectivity index (χ1) is 20.9. The Labute approximate surface area is 267 Å². The van der Waals surface area contributed by atoms with Crippen LogP contribution in [0.25, 0.3) is 0 Å². The van der Waals surface area contributed by atoms with Gasteiger partial charge in [0.05, 0.1) is 0 Å². The molecule has 20 heteroatoms. The van der Waals surface area contributed by atoms with Gasteiger partial charge >= 0.3 is 268 Å². The van der Waals surface area contributed by atoms with Crippen molar-refractivity contribution < 1.29 is 79.0 Å². The molecule has 0 spiro atoms. The van der Waals surface area contributed by atoms with E-state index in [4.69, 9.17) is 0 Å². The van der Waals surface area contributed by atoms with Crippen LogP contribution in [0.15, 0.2) is 32.8 Å². The summed E-state index contributed by atoms with van der Waals surface area (Å²) in [5, 5.41) is 0. The van der Waals surface area contributed by atoms with Crippen molar-refractivity contribution in [1.82, 2.24) is 0 Å². The average Bonchev–Trinajstić information content (AvgIpc) is 3.51. The van der Waals surface area contributed by atoms with Gasteiger partial charge in [0.25, 0.3) is 0 Å². The SMILES string of the molecule is CC(C)(C)C(=[C]1[S][Sn]1([c]1c(C(F)(F)F)cc(C(F)(F)F)cc1C(F)(F)F)[c]1c(C(F)(F)F)cc(C(F)(F)F)cc1C(F)(F)F)C(C)(C)C. The van der Waals surface area contributed by atoms with Gasteiger partial charge < -0.3 is 0 Å². The third-order valence-corrected chi connectivity index (χ3v) is 26.4. The molecule has 1 aliphatic heterocycles. The number of hydrogen-bond acceptors (Lipinski definition) is 1. The summed E-state index contributed by atoms with van der Waals surface area (Å²) < 4.78 is 252. The average molecular weight is 851 g/mol. The Morgan fingerprint density at radius 3 is 0.812 bits per heavy atom. The molecule has 0 amide bonds. The van der Waals surface area contributed by atoms with Crippen LogP contribution in [-0.4, -0.2) is 17.0 Å². The normalized spacial score (nSPS) is 16.8.